The Balaban J connectivity index is 2.07. The Kier molecular flexibility index (Phi) is 2.41. The van der Waals surface area contributed by atoms with Crippen LogP contribution >= 0.6 is 0 Å². The van der Waals surface area contributed by atoms with E-state index in [9.17, 15) is 9.18 Å². The van der Waals surface area contributed by atoms with Gasteiger partial charge in [-0.05, 0) is 12.1 Å². The molecule has 0 atom stereocenters. The van der Waals surface area contributed by atoms with Gasteiger partial charge in [-0.3, -0.25) is 4.79 Å². The summed E-state index contributed by atoms with van der Waals surface area (Å²) >= 11 is 0. The minimum atomic E-state index is -0.362. The number of imidazole rings is 1. The summed E-state index contributed by atoms with van der Waals surface area (Å²) < 4.78 is 14.5. The zero-order valence-corrected chi connectivity index (χ0v) is 9.38. The second-order valence-corrected chi connectivity index (χ2v) is 3.93. The first-order chi connectivity index (χ1) is 8.74. The van der Waals surface area contributed by atoms with E-state index in [0.717, 1.165) is 0 Å². The lowest BCUT2D eigenvalue weighted by Crippen LogP contribution is -2.00. The highest BCUT2D eigenvalue weighted by Crippen LogP contribution is 2.11. The molecule has 0 saturated carbocycles. The van der Waals surface area contributed by atoms with Crippen molar-refractivity contribution < 1.29 is 9.18 Å². The van der Waals surface area contributed by atoms with Crippen LogP contribution in [-0.2, 0) is 0 Å². The molecule has 2 aromatic heterocycles. The number of rotatable bonds is 2. The summed E-state index contributed by atoms with van der Waals surface area (Å²) in [7, 11) is 0. The Bertz CT molecular complexity index is 719. The van der Waals surface area contributed by atoms with Gasteiger partial charge in [-0.1, -0.05) is 30.3 Å². The average molecular weight is 240 g/mol. The fourth-order valence-corrected chi connectivity index (χ4v) is 1.81. The predicted octanol–water partition coefficient (Wildman–Crippen LogP) is 2.70. The fourth-order valence-electron chi connectivity index (χ4n) is 1.81. The lowest BCUT2D eigenvalue weighted by molar-refractivity contribution is 0.103. The van der Waals surface area contributed by atoms with Crippen LogP contribution < -0.4 is 0 Å². The van der Waals surface area contributed by atoms with E-state index in [1.807, 2.05) is 6.07 Å². The number of fused-ring (bicyclic) bond motifs is 1. The molecule has 0 amide bonds. The number of hydrogen-bond donors (Lipinski definition) is 0. The van der Waals surface area contributed by atoms with Crippen LogP contribution in [0.4, 0.5) is 4.39 Å². The molecule has 4 heteroatoms. The number of hydrogen-bond acceptors (Lipinski definition) is 2. The summed E-state index contributed by atoms with van der Waals surface area (Å²) in [5.74, 6) is -0.529. The molecule has 88 valence electrons. The quantitative estimate of drug-likeness (QED) is 0.645. The van der Waals surface area contributed by atoms with E-state index in [-0.39, 0.29) is 11.6 Å². The Morgan fingerprint density at radius 3 is 2.61 bits per heavy atom. The molecule has 0 saturated heterocycles. The van der Waals surface area contributed by atoms with Crippen LogP contribution in [0.25, 0.3) is 5.65 Å². The van der Waals surface area contributed by atoms with Crippen LogP contribution in [0.15, 0.2) is 54.9 Å². The molecule has 0 aliphatic rings. The smallest absolute Gasteiger partial charge is 0.212 e. The van der Waals surface area contributed by atoms with E-state index in [4.69, 9.17) is 0 Å². The van der Waals surface area contributed by atoms with Crippen LogP contribution in [0.1, 0.15) is 16.1 Å². The molecule has 0 bridgehead atoms. The largest absolute Gasteiger partial charge is 0.303 e. The van der Waals surface area contributed by atoms with Crippen LogP contribution in [0.3, 0.4) is 0 Å². The average Bonchev–Trinajstić information content (AvgIpc) is 2.81. The first-order valence-electron chi connectivity index (χ1n) is 5.48. The van der Waals surface area contributed by atoms with Gasteiger partial charge in [0.05, 0.1) is 0 Å². The number of halogens is 1. The monoisotopic (exact) mass is 240 g/mol. The fraction of sp³-hybridized carbons (Fsp3) is 0. The second kappa shape index (κ2) is 4.07. The molecule has 0 fully saturated rings. The van der Waals surface area contributed by atoms with Crippen molar-refractivity contribution >= 4 is 11.4 Å². The number of carbonyl (C=O) groups is 1. The molecule has 3 nitrogen and oxygen atoms in total. The van der Waals surface area contributed by atoms with Crippen LogP contribution in [0.5, 0.6) is 0 Å². The molecule has 1 aromatic carbocycles. The van der Waals surface area contributed by atoms with Gasteiger partial charge in [0.2, 0.25) is 5.78 Å². The van der Waals surface area contributed by atoms with Crippen molar-refractivity contribution in [3.63, 3.8) is 0 Å². The minimum absolute atomic E-state index is 0.167. The number of ketones is 1. The third kappa shape index (κ3) is 1.78. The van der Waals surface area contributed by atoms with Crippen molar-refractivity contribution in [1.82, 2.24) is 9.38 Å². The molecular weight excluding hydrogens is 231 g/mol. The molecule has 0 radical (unpaired) electrons. The number of carbonyl (C=O) groups excluding carboxylic acids is 1. The second-order valence-electron chi connectivity index (χ2n) is 3.93. The number of nitrogens with zero attached hydrogens (tertiary/aromatic N) is 2. The molecule has 2 heterocycles. The van der Waals surface area contributed by atoms with Crippen molar-refractivity contribution in [1.29, 1.82) is 0 Å². The van der Waals surface area contributed by atoms with E-state index in [1.165, 1.54) is 28.9 Å². The van der Waals surface area contributed by atoms with Crippen LogP contribution in [-0.4, -0.2) is 15.2 Å². The van der Waals surface area contributed by atoms with Crippen molar-refractivity contribution in [2.24, 2.45) is 0 Å². The maximum Gasteiger partial charge on any atom is 0.212 e. The number of pyridine rings is 1. The molecule has 0 spiro atoms. The van der Waals surface area contributed by atoms with Crippen molar-refractivity contribution in [3.8, 4) is 0 Å². The van der Waals surface area contributed by atoms with E-state index >= 15 is 0 Å². The topological polar surface area (TPSA) is 34.4 Å². The van der Waals surface area contributed by atoms with Gasteiger partial charge in [-0.2, -0.15) is 0 Å². The van der Waals surface area contributed by atoms with Gasteiger partial charge in [0.1, 0.15) is 17.2 Å². The van der Waals surface area contributed by atoms with Crippen molar-refractivity contribution in [2.75, 3.05) is 0 Å². The zero-order chi connectivity index (χ0) is 12.5. The Morgan fingerprint density at radius 2 is 1.83 bits per heavy atom. The van der Waals surface area contributed by atoms with E-state index in [2.05, 4.69) is 4.98 Å². The first-order valence-corrected chi connectivity index (χ1v) is 5.48. The van der Waals surface area contributed by atoms with Crippen molar-refractivity contribution in [2.45, 2.75) is 0 Å². The molecular formula is C14H9FN2O. The third-order valence-electron chi connectivity index (χ3n) is 2.68. The number of benzene rings is 1. The highest BCUT2D eigenvalue weighted by molar-refractivity contribution is 6.07. The molecule has 18 heavy (non-hydrogen) atoms. The van der Waals surface area contributed by atoms with E-state index in [0.29, 0.717) is 16.9 Å². The zero-order valence-electron chi connectivity index (χ0n) is 9.38. The minimum Gasteiger partial charge on any atom is -0.303 e. The molecule has 3 rings (SSSR count). The standard InChI is InChI=1S/C14H9FN2O/c15-11-6-7-13-16-12(9-17(13)8-11)14(18)10-4-2-1-3-5-10/h1-9H. The lowest BCUT2D eigenvalue weighted by Gasteiger charge is -1.94. The SMILES string of the molecule is O=C(c1ccccc1)c1cn2cc(F)ccc2n1. The first kappa shape index (κ1) is 10.7. The van der Waals surface area contributed by atoms with Crippen molar-refractivity contribution in [3.05, 3.63) is 71.9 Å². The summed E-state index contributed by atoms with van der Waals surface area (Å²) in [5, 5.41) is 0. The third-order valence-corrected chi connectivity index (χ3v) is 2.68. The maximum atomic E-state index is 13.0. The summed E-state index contributed by atoms with van der Waals surface area (Å²) in [6.07, 6.45) is 2.83. The molecule has 3 aromatic rings. The molecule has 0 unspecified atom stereocenters. The van der Waals surface area contributed by atoms with E-state index in [1.54, 1.807) is 24.3 Å². The lowest BCUT2D eigenvalue weighted by atomic mass is 10.1. The van der Waals surface area contributed by atoms with Gasteiger partial charge < -0.3 is 4.40 Å². The van der Waals surface area contributed by atoms with Crippen LogP contribution in [0, 0.1) is 5.82 Å². The highest BCUT2D eigenvalue weighted by atomic mass is 19.1. The summed E-state index contributed by atoms with van der Waals surface area (Å²) in [4.78, 5) is 16.3. The molecule has 0 aliphatic carbocycles. The maximum absolute atomic E-state index is 13.0. The summed E-state index contributed by atoms with van der Waals surface area (Å²) in [6, 6.07) is 11.7. The van der Waals surface area contributed by atoms with Gasteiger partial charge in [0.15, 0.2) is 0 Å². The Hall–Kier alpha value is -2.49. The van der Waals surface area contributed by atoms with Gasteiger partial charge in [0, 0.05) is 18.0 Å². The summed E-state index contributed by atoms with van der Waals surface area (Å²) in [5.41, 5.74) is 1.43. The Morgan fingerprint density at radius 1 is 1.06 bits per heavy atom. The van der Waals surface area contributed by atoms with E-state index < -0.39 is 0 Å². The number of aromatic nitrogens is 2. The normalized spacial score (nSPS) is 10.7. The highest BCUT2D eigenvalue weighted by Gasteiger charge is 2.12. The van der Waals surface area contributed by atoms with Gasteiger partial charge in [0.25, 0.3) is 0 Å². The molecule has 0 N–H and O–H groups in total. The Labute approximate surface area is 103 Å². The van der Waals surface area contributed by atoms with Gasteiger partial charge >= 0.3 is 0 Å². The van der Waals surface area contributed by atoms with Gasteiger partial charge in [-0.15, -0.1) is 0 Å². The van der Waals surface area contributed by atoms with Crippen LogP contribution in [0.2, 0.25) is 0 Å². The molecule has 0 aliphatic heterocycles. The predicted molar refractivity (Wildman–Crippen MR) is 65.0 cm³/mol. The van der Waals surface area contributed by atoms with Gasteiger partial charge in [-0.25, -0.2) is 9.37 Å². The summed E-state index contributed by atoms with van der Waals surface area (Å²) in [6.45, 7) is 0.